The highest BCUT2D eigenvalue weighted by Gasteiger charge is 2.23. The van der Waals surface area contributed by atoms with Gasteiger partial charge in [0.1, 0.15) is 6.26 Å². The highest BCUT2D eigenvalue weighted by atomic mass is 32.1. The van der Waals surface area contributed by atoms with Gasteiger partial charge in [-0.25, -0.2) is 9.67 Å². The molecule has 0 radical (unpaired) electrons. The summed E-state index contributed by atoms with van der Waals surface area (Å²) in [7, 11) is 0. The zero-order valence-corrected chi connectivity index (χ0v) is 15.3. The number of oxazole rings is 1. The number of carbonyl (C=O) groups excluding carboxylic acids is 1. The van der Waals surface area contributed by atoms with E-state index in [0.717, 1.165) is 36.5 Å². The van der Waals surface area contributed by atoms with Crippen molar-refractivity contribution in [3.63, 3.8) is 0 Å². The minimum Gasteiger partial charge on any atom is -0.443 e. The Hall–Kier alpha value is -2.52. The largest absolute Gasteiger partial charge is 0.443 e. The summed E-state index contributed by atoms with van der Waals surface area (Å²) >= 11 is 1.56. The SMILES string of the molecule is Cc1c(C(=O)NCc2coc(-c3cccs3)n2)nnn1C1CCNCC1. The first-order valence-corrected chi connectivity index (χ1v) is 9.49. The van der Waals surface area contributed by atoms with Gasteiger partial charge in [0.25, 0.3) is 5.91 Å². The number of amides is 1. The van der Waals surface area contributed by atoms with E-state index in [-0.39, 0.29) is 12.5 Å². The fraction of sp³-hybridized carbons (Fsp3) is 0.412. The second-order valence-electron chi connectivity index (χ2n) is 6.25. The maximum Gasteiger partial charge on any atom is 0.274 e. The molecule has 3 aromatic heterocycles. The van der Waals surface area contributed by atoms with Crippen molar-refractivity contribution >= 4 is 17.2 Å². The highest BCUT2D eigenvalue weighted by Crippen LogP contribution is 2.24. The van der Waals surface area contributed by atoms with Gasteiger partial charge in [-0.3, -0.25) is 4.79 Å². The fourth-order valence-corrected chi connectivity index (χ4v) is 3.76. The molecule has 0 atom stereocenters. The Balaban J connectivity index is 1.40. The first-order valence-electron chi connectivity index (χ1n) is 8.61. The summed E-state index contributed by atoms with van der Waals surface area (Å²) in [5.74, 6) is 0.320. The minimum atomic E-state index is -0.247. The van der Waals surface area contributed by atoms with Gasteiger partial charge in [0.2, 0.25) is 5.89 Å². The molecule has 1 aliphatic rings. The first-order chi connectivity index (χ1) is 12.7. The molecule has 0 unspecified atom stereocenters. The van der Waals surface area contributed by atoms with Crippen LogP contribution in [0.2, 0.25) is 0 Å². The van der Waals surface area contributed by atoms with Gasteiger partial charge in [0.15, 0.2) is 5.69 Å². The molecule has 8 nitrogen and oxygen atoms in total. The van der Waals surface area contributed by atoms with Gasteiger partial charge in [-0.2, -0.15) is 0 Å². The molecular formula is C17H20N6O2S. The van der Waals surface area contributed by atoms with Crippen LogP contribution in [-0.4, -0.2) is 39.0 Å². The normalized spacial score (nSPS) is 15.3. The Morgan fingerprint density at radius 1 is 1.46 bits per heavy atom. The van der Waals surface area contributed by atoms with E-state index >= 15 is 0 Å². The van der Waals surface area contributed by atoms with Gasteiger partial charge < -0.3 is 15.1 Å². The molecule has 0 saturated carbocycles. The van der Waals surface area contributed by atoms with E-state index in [0.29, 0.717) is 23.3 Å². The number of aromatic nitrogens is 4. The van der Waals surface area contributed by atoms with Gasteiger partial charge in [0.05, 0.1) is 28.9 Å². The third kappa shape index (κ3) is 3.40. The predicted octanol–water partition coefficient (Wildman–Crippen LogP) is 2.16. The van der Waals surface area contributed by atoms with Crippen LogP contribution in [0.25, 0.3) is 10.8 Å². The molecule has 1 saturated heterocycles. The van der Waals surface area contributed by atoms with Gasteiger partial charge in [-0.1, -0.05) is 11.3 Å². The van der Waals surface area contributed by atoms with Crippen molar-refractivity contribution in [2.45, 2.75) is 32.4 Å². The lowest BCUT2D eigenvalue weighted by molar-refractivity contribution is 0.0944. The summed E-state index contributed by atoms with van der Waals surface area (Å²) in [5.41, 5.74) is 1.84. The molecule has 3 aromatic rings. The van der Waals surface area contributed by atoms with Crippen LogP contribution in [0.1, 0.15) is 40.8 Å². The highest BCUT2D eigenvalue weighted by molar-refractivity contribution is 7.13. The molecule has 4 heterocycles. The summed E-state index contributed by atoms with van der Waals surface area (Å²) in [6.07, 6.45) is 3.56. The van der Waals surface area contributed by atoms with Crippen LogP contribution in [-0.2, 0) is 6.54 Å². The Bertz CT molecular complexity index is 879. The van der Waals surface area contributed by atoms with Crippen molar-refractivity contribution in [1.82, 2.24) is 30.6 Å². The smallest absolute Gasteiger partial charge is 0.274 e. The van der Waals surface area contributed by atoms with Crippen molar-refractivity contribution in [1.29, 1.82) is 0 Å². The second kappa shape index (κ2) is 7.38. The molecule has 9 heteroatoms. The Morgan fingerprint density at radius 3 is 3.08 bits per heavy atom. The number of carbonyl (C=O) groups is 1. The van der Waals surface area contributed by atoms with Gasteiger partial charge in [-0.05, 0) is 44.3 Å². The lowest BCUT2D eigenvalue weighted by Crippen LogP contribution is -2.30. The molecule has 0 spiro atoms. The van der Waals surface area contributed by atoms with Crippen LogP contribution in [0, 0.1) is 6.92 Å². The molecular weight excluding hydrogens is 352 g/mol. The van der Waals surface area contributed by atoms with Crippen LogP contribution in [0.3, 0.4) is 0 Å². The van der Waals surface area contributed by atoms with Crippen LogP contribution in [0.4, 0.5) is 0 Å². The van der Waals surface area contributed by atoms with E-state index in [4.69, 9.17) is 4.42 Å². The second-order valence-corrected chi connectivity index (χ2v) is 7.20. The van der Waals surface area contributed by atoms with Gasteiger partial charge >= 0.3 is 0 Å². The molecule has 2 N–H and O–H groups in total. The van der Waals surface area contributed by atoms with Gasteiger partial charge in [0, 0.05) is 0 Å². The topological polar surface area (TPSA) is 97.9 Å². The average molecular weight is 372 g/mol. The van der Waals surface area contributed by atoms with Gasteiger partial charge in [-0.15, -0.1) is 16.4 Å². The monoisotopic (exact) mass is 372 g/mol. The standard InChI is InChI=1S/C17H20N6O2S/c1-11-15(21-22-23(11)13-4-6-18-7-5-13)16(24)19-9-12-10-25-17(20-12)14-3-2-8-26-14/h2-3,8,10,13,18H,4-7,9H2,1H3,(H,19,24). The Kier molecular flexibility index (Phi) is 4.81. The molecule has 1 fully saturated rings. The number of nitrogens with one attached hydrogen (secondary N) is 2. The third-order valence-electron chi connectivity index (χ3n) is 4.51. The van der Waals surface area contributed by atoms with Crippen molar-refractivity contribution in [3.05, 3.63) is 40.9 Å². The zero-order chi connectivity index (χ0) is 17.9. The van der Waals surface area contributed by atoms with E-state index in [1.807, 2.05) is 29.1 Å². The van der Waals surface area contributed by atoms with Crippen LogP contribution in [0.15, 0.2) is 28.2 Å². The lowest BCUT2D eigenvalue weighted by Gasteiger charge is -2.23. The molecule has 0 bridgehead atoms. The maximum atomic E-state index is 12.5. The summed E-state index contributed by atoms with van der Waals surface area (Å²) in [5, 5.41) is 16.4. The number of nitrogens with zero attached hydrogens (tertiary/aromatic N) is 4. The quantitative estimate of drug-likeness (QED) is 0.712. The van der Waals surface area contributed by atoms with Crippen LogP contribution in [0.5, 0.6) is 0 Å². The molecule has 0 aliphatic carbocycles. The Morgan fingerprint density at radius 2 is 2.31 bits per heavy atom. The minimum absolute atomic E-state index is 0.247. The summed E-state index contributed by atoms with van der Waals surface area (Å²) < 4.78 is 7.34. The lowest BCUT2D eigenvalue weighted by atomic mass is 10.1. The number of thiophene rings is 1. The van der Waals surface area contributed by atoms with E-state index in [1.165, 1.54) is 0 Å². The van der Waals surface area contributed by atoms with Crippen molar-refractivity contribution in [2.75, 3.05) is 13.1 Å². The molecule has 26 heavy (non-hydrogen) atoms. The number of hydrogen-bond acceptors (Lipinski definition) is 7. The summed E-state index contributed by atoms with van der Waals surface area (Å²) in [4.78, 5) is 17.8. The number of piperidine rings is 1. The van der Waals surface area contributed by atoms with E-state index in [1.54, 1.807) is 17.6 Å². The first kappa shape index (κ1) is 16.9. The molecule has 4 rings (SSSR count). The van der Waals surface area contributed by atoms with Crippen molar-refractivity contribution in [2.24, 2.45) is 0 Å². The van der Waals surface area contributed by atoms with Crippen molar-refractivity contribution in [3.8, 4) is 10.8 Å². The maximum absolute atomic E-state index is 12.5. The number of rotatable bonds is 5. The Labute approximate surface area is 154 Å². The summed E-state index contributed by atoms with van der Waals surface area (Å²) in [6.45, 7) is 4.10. The van der Waals surface area contributed by atoms with Crippen molar-refractivity contribution < 1.29 is 9.21 Å². The number of hydrogen-bond donors (Lipinski definition) is 2. The average Bonchev–Trinajstić information content (AvgIpc) is 3.41. The van der Waals surface area contributed by atoms with Crippen LogP contribution >= 0.6 is 11.3 Å². The molecule has 1 amide bonds. The molecule has 0 aromatic carbocycles. The zero-order valence-electron chi connectivity index (χ0n) is 14.4. The molecule has 1 aliphatic heterocycles. The summed E-state index contributed by atoms with van der Waals surface area (Å²) in [6, 6.07) is 4.19. The third-order valence-corrected chi connectivity index (χ3v) is 5.37. The van der Waals surface area contributed by atoms with E-state index in [2.05, 4.69) is 25.9 Å². The molecule has 136 valence electrons. The van der Waals surface area contributed by atoms with Crippen LogP contribution < -0.4 is 10.6 Å². The fourth-order valence-electron chi connectivity index (χ4n) is 3.10. The van der Waals surface area contributed by atoms with E-state index < -0.39 is 0 Å². The predicted molar refractivity (Wildman–Crippen MR) is 96.9 cm³/mol. The van der Waals surface area contributed by atoms with E-state index in [9.17, 15) is 4.79 Å².